The summed E-state index contributed by atoms with van der Waals surface area (Å²) in [4.78, 5) is 11.4. The number of unbranched alkanes of at least 4 members (excludes halogenated alkanes) is 1. The van der Waals surface area contributed by atoms with Crippen LogP contribution in [-0.2, 0) is 9.53 Å². The Bertz CT molecular complexity index is 394. The number of rotatable bonds is 11. The summed E-state index contributed by atoms with van der Waals surface area (Å²) in [7, 11) is 0. The van der Waals surface area contributed by atoms with Crippen molar-refractivity contribution in [3.05, 3.63) is 0 Å². The lowest BCUT2D eigenvalue weighted by Crippen LogP contribution is -2.23. The number of nitriles is 1. The Labute approximate surface area is 169 Å². The molecule has 1 aliphatic rings. The molecule has 0 N–H and O–H groups in total. The minimum absolute atomic E-state index is 0.0359. The minimum Gasteiger partial charge on any atom is -0.465 e. The molecule has 0 saturated heterocycles. The fourth-order valence-corrected chi connectivity index (χ4v) is 4.03. The molecule has 0 radical (unpaired) electrons. The highest BCUT2D eigenvalue weighted by Gasteiger charge is 2.25. The van der Waals surface area contributed by atoms with Gasteiger partial charge in [-0.25, -0.2) is 0 Å². The van der Waals surface area contributed by atoms with Crippen molar-refractivity contribution < 1.29 is 9.53 Å². The molecule has 0 aromatic carbocycles. The van der Waals surface area contributed by atoms with Crippen LogP contribution < -0.4 is 0 Å². The summed E-state index contributed by atoms with van der Waals surface area (Å²) < 4.78 is 5.13. The standard InChI is InChI=1S/C13H25N.C11H20O2/c1-4-8-12(3)13(9-5-2)10-6-7-11-14;1-3-8-13-11(12)10-6-4-9(2)5-7-10/h12-13H,4-10H2,1-3H3;9-10H,3-8H2,1-2H3. The Morgan fingerprint density at radius 2 is 1.67 bits per heavy atom. The summed E-state index contributed by atoms with van der Waals surface area (Å²) in [5, 5.41) is 8.50. The molecule has 0 heterocycles. The third-order valence-corrected chi connectivity index (χ3v) is 5.87. The van der Waals surface area contributed by atoms with Crippen LogP contribution in [0.2, 0.25) is 0 Å². The predicted molar refractivity (Wildman–Crippen MR) is 114 cm³/mol. The van der Waals surface area contributed by atoms with Crippen LogP contribution in [0.25, 0.3) is 0 Å². The van der Waals surface area contributed by atoms with Gasteiger partial charge in [-0.05, 0) is 62.7 Å². The smallest absolute Gasteiger partial charge is 0.308 e. The van der Waals surface area contributed by atoms with Gasteiger partial charge in [-0.1, -0.05) is 60.3 Å². The van der Waals surface area contributed by atoms with Crippen molar-refractivity contribution in [2.45, 2.75) is 112 Å². The highest BCUT2D eigenvalue weighted by atomic mass is 16.5. The van der Waals surface area contributed by atoms with Crippen molar-refractivity contribution in [2.24, 2.45) is 23.7 Å². The summed E-state index contributed by atoms with van der Waals surface area (Å²) in [5.74, 6) is 2.73. The first-order valence-corrected chi connectivity index (χ1v) is 11.5. The first-order chi connectivity index (χ1) is 13.0. The zero-order chi connectivity index (χ0) is 20.5. The van der Waals surface area contributed by atoms with Crippen molar-refractivity contribution in [2.75, 3.05) is 6.61 Å². The number of hydrogen-bond donors (Lipinski definition) is 0. The van der Waals surface area contributed by atoms with E-state index in [1.54, 1.807) is 0 Å². The van der Waals surface area contributed by atoms with Gasteiger partial charge in [-0.15, -0.1) is 0 Å². The minimum atomic E-state index is 0.0359. The molecule has 1 saturated carbocycles. The van der Waals surface area contributed by atoms with Gasteiger partial charge in [0.2, 0.25) is 0 Å². The average molecular weight is 380 g/mol. The molecule has 1 aliphatic carbocycles. The summed E-state index contributed by atoms with van der Waals surface area (Å²) in [6.45, 7) is 11.8. The molecule has 1 rings (SSSR count). The van der Waals surface area contributed by atoms with E-state index in [-0.39, 0.29) is 11.9 Å². The number of carbonyl (C=O) groups is 1. The first-order valence-electron chi connectivity index (χ1n) is 11.5. The normalized spacial score (nSPS) is 21.3. The Morgan fingerprint density at radius 3 is 2.19 bits per heavy atom. The lowest BCUT2D eigenvalue weighted by Gasteiger charge is -2.24. The fraction of sp³-hybridized carbons (Fsp3) is 0.917. The summed E-state index contributed by atoms with van der Waals surface area (Å²) in [6, 6.07) is 2.24. The average Bonchev–Trinajstić information content (AvgIpc) is 2.67. The topological polar surface area (TPSA) is 50.1 Å². The fourth-order valence-electron chi connectivity index (χ4n) is 4.03. The molecule has 0 amide bonds. The highest BCUT2D eigenvalue weighted by Crippen LogP contribution is 2.29. The Kier molecular flexibility index (Phi) is 16.4. The van der Waals surface area contributed by atoms with Crippen LogP contribution in [0.1, 0.15) is 112 Å². The third kappa shape index (κ3) is 12.9. The van der Waals surface area contributed by atoms with Gasteiger partial charge in [0.05, 0.1) is 18.6 Å². The Hall–Kier alpha value is -1.04. The number of ether oxygens (including phenoxy) is 1. The second kappa shape index (κ2) is 17.1. The van der Waals surface area contributed by atoms with Gasteiger partial charge in [-0.3, -0.25) is 4.79 Å². The van der Waals surface area contributed by atoms with Crippen LogP contribution in [0.4, 0.5) is 0 Å². The Morgan fingerprint density at radius 1 is 1.04 bits per heavy atom. The Balaban J connectivity index is 0.000000501. The van der Waals surface area contributed by atoms with Crippen molar-refractivity contribution in [3.63, 3.8) is 0 Å². The molecular weight excluding hydrogens is 334 g/mol. The zero-order valence-electron chi connectivity index (χ0n) is 18.8. The lowest BCUT2D eigenvalue weighted by molar-refractivity contribution is -0.149. The molecule has 0 bridgehead atoms. The molecule has 0 spiro atoms. The van der Waals surface area contributed by atoms with E-state index >= 15 is 0 Å². The van der Waals surface area contributed by atoms with Crippen molar-refractivity contribution in [1.82, 2.24) is 0 Å². The maximum absolute atomic E-state index is 11.4. The maximum Gasteiger partial charge on any atom is 0.308 e. The monoisotopic (exact) mass is 379 g/mol. The molecule has 0 aromatic rings. The zero-order valence-corrected chi connectivity index (χ0v) is 18.8. The van der Waals surface area contributed by atoms with E-state index in [4.69, 9.17) is 10.00 Å². The summed E-state index contributed by atoms with van der Waals surface area (Å²) >= 11 is 0. The maximum atomic E-state index is 11.4. The molecule has 2 unspecified atom stereocenters. The predicted octanol–water partition coefficient (Wildman–Crippen LogP) is 7.30. The van der Waals surface area contributed by atoms with Gasteiger partial charge < -0.3 is 4.74 Å². The molecule has 3 nitrogen and oxygen atoms in total. The van der Waals surface area contributed by atoms with Crippen LogP contribution in [0.5, 0.6) is 0 Å². The van der Waals surface area contributed by atoms with E-state index in [2.05, 4.69) is 33.8 Å². The van der Waals surface area contributed by atoms with Crippen LogP contribution in [-0.4, -0.2) is 12.6 Å². The molecule has 0 aliphatic heterocycles. The quantitative estimate of drug-likeness (QED) is 0.279. The van der Waals surface area contributed by atoms with Gasteiger partial charge in [0.15, 0.2) is 0 Å². The molecule has 3 heteroatoms. The van der Waals surface area contributed by atoms with Crippen LogP contribution >= 0.6 is 0 Å². The molecule has 1 fully saturated rings. The van der Waals surface area contributed by atoms with Gasteiger partial charge in [0.25, 0.3) is 0 Å². The highest BCUT2D eigenvalue weighted by molar-refractivity contribution is 5.72. The molecular formula is C24H45NO2. The van der Waals surface area contributed by atoms with E-state index in [1.807, 2.05) is 6.92 Å². The number of esters is 1. The molecule has 27 heavy (non-hydrogen) atoms. The van der Waals surface area contributed by atoms with E-state index in [0.29, 0.717) is 6.61 Å². The van der Waals surface area contributed by atoms with Gasteiger partial charge in [0, 0.05) is 6.42 Å². The molecule has 158 valence electrons. The second-order valence-corrected chi connectivity index (χ2v) is 8.49. The largest absolute Gasteiger partial charge is 0.465 e. The number of nitrogens with zero attached hydrogens (tertiary/aromatic N) is 1. The lowest BCUT2D eigenvalue weighted by atomic mass is 9.83. The summed E-state index contributed by atoms with van der Waals surface area (Å²) in [6.07, 6.45) is 13.7. The van der Waals surface area contributed by atoms with Crippen LogP contribution in [0, 0.1) is 35.0 Å². The van der Waals surface area contributed by atoms with E-state index < -0.39 is 0 Å². The van der Waals surface area contributed by atoms with E-state index in [0.717, 1.165) is 49.9 Å². The summed E-state index contributed by atoms with van der Waals surface area (Å²) in [5.41, 5.74) is 0. The van der Waals surface area contributed by atoms with E-state index in [1.165, 1.54) is 44.9 Å². The molecule has 0 aromatic heterocycles. The van der Waals surface area contributed by atoms with Crippen molar-refractivity contribution in [3.8, 4) is 6.07 Å². The third-order valence-electron chi connectivity index (χ3n) is 5.87. The second-order valence-electron chi connectivity index (χ2n) is 8.49. The SMILES string of the molecule is CCCC(C)C(CCC)CCCC#N.CCCOC(=O)C1CCC(C)CC1. The van der Waals surface area contributed by atoms with Crippen LogP contribution in [0.15, 0.2) is 0 Å². The molecule has 2 atom stereocenters. The van der Waals surface area contributed by atoms with Gasteiger partial charge in [-0.2, -0.15) is 5.26 Å². The first kappa shape index (κ1) is 26.0. The van der Waals surface area contributed by atoms with Gasteiger partial charge >= 0.3 is 5.97 Å². The van der Waals surface area contributed by atoms with Gasteiger partial charge in [0.1, 0.15) is 0 Å². The number of carbonyl (C=O) groups excluding carboxylic acids is 1. The van der Waals surface area contributed by atoms with Crippen LogP contribution in [0.3, 0.4) is 0 Å². The van der Waals surface area contributed by atoms with E-state index in [9.17, 15) is 4.79 Å². The number of hydrogen-bond acceptors (Lipinski definition) is 3. The van der Waals surface area contributed by atoms with Crippen molar-refractivity contribution in [1.29, 1.82) is 5.26 Å². The van der Waals surface area contributed by atoms with Crippen molar-refractivity contribution >= 4 is 5.97 Å².